The van der Waals surface area contributed by atoms with Crippen LogP contribution in [0, 0.1) is 5.92 Å². The zero-order chi connectivity index (χ0) is 16.3. The van der Waals surface area contributed by atoms with Crippen LogP contribution in [-0.4, -0.2) is 38.4 Å². The molecule has 122 valence electrons. The molecule has 2 rings (SSSR count). The van der Waals surface area contributed by atoms with Crippen LogP contribution in [0.5, 0.6) is 5.75 Å². The van der Waals surface area contributed by atoms with Crippen LogP contribution >= 0.6 is 0 Å². The predicted octanol–water partition coefficient (Wildman–Crippen LogP) is 3.02. The molecule has 0 N–H and O–H groups in total. The van der Waals surface area contributed by atoms with Crippen LogP contribution in [0.25, 0.3) is 0 Å². The van der Waals surface area contributed by atoms with E-state index in [1.807, 2.05) is 0 Å². The number of halogens is 3. The van der Waals surface area contributed by atoms with Crippen molar-refractivity contribution in [2.75, 3.05) is 25.2 Å². The summed E-state index contributed by atoms with van der Waals surface area (Å²) in [5.74, 6) is -0.587. The van der Waals surface area contributed by atoms with Crippen molar-refractivity contribution in [2.45, 2.75) is 25.6 Å². The van der Waals surface area contributed by atoms with Gasteiger partial charge in [0.15, 0.2) is 0 Å². The number of hydrogen-bond acceptors (Lipinski definition) is 3. The van der Waals surface area contributed by atoms with Crippen molar-refractivity contribution in [3.8, 4) is 5.75 Å². The standard InChI is InChI=1S/C15H18F3NO3/c1-10-7-8-22-13(10)14(20)19(9-15(16,17)18)11-5-3-4-6-12(11)21-2/h3-6,10,13H,7-9H2,1-2H3. The highest BCUT2D eigenvalue weighted by Gasteiger charge is 2.40. The summed E-state index contributed by atoms with van der Waals surface area (Å²) in [5, 5.41) is 0. The monoisotopic (exact) mass is 317 g/mol. The summed E-state index contributed by atoms with van der Waals surface area (Å²) in [6.07, 6.45) is -4.71. The quantitative estimate of drug-likeness (QED) is 0.857. The summed E-state index contributed by atoms with van der Waals surface area (Å²) in [6.45, 7) is 0.797. The minimum absolute atomic E-state index is 0.0926. The van der Waals surface area contributed by atoms with Crippen molar-refractivity contribution in [1.29, 1.82) is 0 Å². The summed E-state index contributed by atoms with van der Waals surface area (Å²) < 4.78 is 49.1. The summed E-state index contributed by atoms with van der Waals surface area (Å²) in [7, 11) is 1.35. The number of carbonyl (C=O) groups excluding carboxylic acids is 1. The molecule has 1 aliphatic heterocycles. The van der Waals surface area contributed by atoms with Gasteiger partial charge in [0.05, 0.1) is 12.8 Å². The fourth-order valence-corrected chi connectivity index (χ4v) is 2.48. The van der Waals surface area contributed by atoms with E-state index in [2.05, 4.69) is 0 Å². The van der Waals surface area contributed by atoms with Gasteiger partial charge in [-0.05, 0) is 24.5 Å². The second-order valence-electron chi connectivity index (χ2n) is 5.27. The Balaban J connectivity index is 2.36. The van der Waals surface area contributed by atoms with Crippen LogP contribution < -0.4 is 9.64 Å². The van der Waals surface area contributed by atoms with Gasteiger partial charge in [-0.2, -0.15) is 13.2 Å². The maximum Gasteiger partial charge on any atom is 0.406 e. The second kappa shape index (κ2) is 6.56. The first kappa shape index (κ1) is 16.6. The van der Waals surface area contributed by atoms with E-state index in [4.69, 9.17) is 9.47 Å². The number of nitrogens with zero attached hydrogens (tertiary/aromatic N) is 1. The SMILES string of the molecule is COc1ccccc1N(CC(F)(F)F)C(=O)C1OCCC1C. The van der Waals surface area contributed by atoms with Gasteiger partial charge in [0.25, 0.3) is 5.91 Å². The van der Waals surface area contributed by atoms with E-state index in [0.717, 1.165) is 0 Å². The van der Waals surface area contributed by atoms with E-state index in [-0.39, 0.29) is 17.4 Å². The molecule has 1 fully saturated rings. The molecule has 1 aromatic rings. The van der Waals surface area contributed by atoms with E-state index in [9.17, 15) is 18.0 Å². The predicted molar refractivity (Wildman–Crippen MR) is 74.9 cm³/mol. The maximum absolute atomic E-state index is 12.9. The summed E-state index contributed by atoms with van der Waals surface area (Å²) in [5.41, 5.74) is 0.0926. The number of alkyl halides is 3. The molecular weight excluding hydrogens is 299 g/mol. The highest BCUT2D eigenvalue weighted by molar-refractivity contribution is 5.98. The van der Waals surface area contributed by atoms with Crippen LogP contribution in [0.4, 0.5) is 18.9 Å². The number of methoxy groups -OCH3 is 1. The van der Waals surface area contributed by atoms with Crippen molar-refractivity contribution in [2.24, 2.45) is 5.92 Å². The van der Waals surface area contributed by atoms with Gasteiger partial charge in [0, 0.05) is 6.61 Å². The third-order valence-corrected chi connectivity index (χ3v) is 3.61. The number of rotatable bonds is 4. The first-order valence-electron chi connectivity index (χ1n) is 6.96. The van der Waals surface area contributed by atoms with Crippen molar-refractivity contribution in [3.63, 3.8) is 0 Å². The molecule has 2 unspecified atom stereocenters. The number of ether oxygens (including phenoxy) is 2. The van der Waals surface area contributed by atoms with E-state index >= 15 is 0 Å². The second-order valence-corrected chi connectivity index (χ2v) is 5.27. The molecule has 1 aromatic carbocycles. The topological polar surface area (TPSA) is 38.8 Å². The number of hydrogen-bond donors (Lipinski definition) is 0. The number of benzene rings is 1. The molecule has 0 radical (unpaired) electrons. The molecule has 2 atom stereocenters. The van der Waals surface area contributed by atoms with E-state index < -0.39 is 24.7 Å². The minimum atomic E-state index is -4.52. The highest BCUT2D eigenvalue weighted by Crippen LogP contribution is 2.33. The van der Waals surface area contributed by atoms with E-state index in [1.54, 1.807) is 19.1 Å². The van der Waals surface area contributed by atoms with Crippen molar-refractivity contribution in [1.82, 2.24) is 0 Å². The number of para-hydroxylation sites is 2. The summed E-state index contributed by atoms with van der Waals surface area (Å²) in [4.78, 5) is 13.2. The molecule has 1 amide bonds. The Morgan fingerprint density at radius 3 is 2.64 bits per heavy atom. The molecule has 0 aliphatic carbocycles. The Bertz CT molecular complexity index is 533. The Hall–Kier alpha value is -1.76. The fraction of sp³-hybridized carbons (Fsp3) is 0.533. The Morgan fingerprint density at radius 2 is 2.09 bits per heavy atom. The molecule has 0 bridgehead atoms. The number of amides is 1. The average molecular weight is 317 g/mol. The Labute approximate surface area is 126 Å². The Kier molecular flexibility index (Phi) is 4.95. The lowest BCUT2D eigenvalue weighted by Gasteiger charge is -2.28. The highest BCUT2D eigenvalue weighted by atomic mass is 19.4. The third kappa shape index (κ3) is 3.71. The lowest BCUT2D eigenvalue weighted by molar-refractivity contribution is -0.139. The average Bonchev–Trinajstić information content (AvgIpc) is 2.89. The zero-order valence-electron chi connectivity index (χ0n) is 12.4. The van der Waals surface area contributed by atoms with Crippen LogP contribution in [0.3, 0.4) is 0 Å². The third-order valence-electron chi connectivity index (χ3n) is 3.61. The van der Waals surface area contributed by atoms with Gasteiger partial charge in [-0.3, -0.25) is 9.69 Å². The molecule has 7 heteroatoms. The molecule has 0 saturated carbocycles. The van der Waals surface area contributed by atoms with Crippen LogP contribution in [0.1, 0.15) is 13.3 Å². The summed E-state index contributed by atoms with van der Waals surface area (Å²) in [6, 6.07) is 6.15. The van der Waals surface area contributed by atoms with Gasteiger partial charge in [-0.25, -0.2) is 0 Å². The van der Waals surface area contributed by atoms with Crippen LogP contribution in [0.15, 0.2) is 24.3 Å². The summed E-state index contributed by atoms with van der Waals surface area (Å²) >= 11 is 0. The molecule has 22 heavy (non-hydrogen) atoms. The van der Waals surface area contributed by atoms with Gasteiger partial charge in [-0.1, -0.05) is 19.1 Å². The first-order chi connectivity index (χ1) is 10.3. The van der Waals surface area contributed by atoms with Crippen molar-refractivity contribution >= 4 is 11.6 Å². The lowest BCUT2D eigenvalue weighted by Crippen LogP contribution is -2.46. The molecule has 0 spiro atoms. The minimum Gasteiger partial charge on any atom is -0.495 e. The van der Waals surface area contributed by atoms with Gasteiger partial charge in [0.1, 0.15) is 18.4 Å². The van der Waals surface area contributed by atoms with Crippen molar-refractivity contribution in [3.05, 3.63) is 24.3 Å². The molecular formula is C15H18F3NO3. The largest absolute Gasteiger partial charge is 0.495 e. The zero-order valence-corrected chi connectivity index (χ0v) is 12.4. The van der Waals surface area contributed by atoms with Gasteiger partial charge in [-0.15, -0.1) is 0 Å². The molecule has 0 aromatic heterocycles. The maximum atomic E-state index is 12.9. The first-order valence-corrected chi connectivity index (χ1v) is 6.96. The normalized spacial score (nSPS) is 21.7. The number of carbonyl (C=O) groups is 1. The van der Waals surface area contributed by atoms with Gasteiger partial charge in [0.2, 0.25) is 0 Å². The van der Waals surface area contributed by atoms with Gasteiger partial charge < -0.3 is 9.47 Å². The Morgan fingerprint density at radius 1 is 1.41 bits per heavy atom. The van der Waals surface area contributed by atoms with Crippen molar-refractivity contribution < 1.29 is 27.4 Å². The number of anilines is 1. The fourth-order valence-electron chi connectivity index (χ4n) is 2.48. The molecule has 1 saturated heterocycles. The van der Waals surface area contributed by atoms with Crippen LogP contribution in [-0.2, 0) is 9.53 Å². The molecule has 1 heterocycles. The van der Waals surface area contributed by atoms with E-state index in [0.29, 0.717) is 17.9 Å². The van der Waals surface area contributed by atoms with E-state index in [1.165, 1.54) is 19.2 Å². The van der Waals surface area contributed by atoms with Gasteiger partial charge >= 0.3 is 6.18 Å². The molecule has 4 nitrogen and oxygen atoms in total. The molecule has 1 aliphatic rings. The smallest absolute Gasteiger partial charge is 0.406 e. The van der Waals surface area contributed by atoms with Crippen LogP contribution in [0.2, 0.25) is 0 Å². The lowest BCUT2D eigenvalue weighted by atomic mass is 10.0.